The van der Waals surface area contributed by atoms with E-state index in [1.54, 1.807) is 0 Å². The first kappa shape index (κ1) is 18.8. The van der Waals surface area contributed by atoms with Crippen molar-refractivity contribution in [2.45, 2.75) is 25.4 Å². The number of benzene rings is 1. The van der Waals surface area contributed by atoms with E-state index in [9.17, 15) is 29.4 Å². The van der Waals surface area contributed by atoms with E-state index in [1.807, 2.05) is 0 Å². The lowest BCUT2D eigenvalue weighted by molar-refractivity contribution is -0.156. The molecular formula is C19H19N3O7. The van der Waals surface area contributed by atoms with Crippen LogP contribution >= 0.6 is 0 Å². The molecule has 0 aliphatic carbocycles. The topological polar surface area (TPSA) is 136 Å². The van der Waals surface area contributed by atoms with Crippen LogP contribution in [0, 0.1) is 5.92 Å². The van der Waals surface area contributed by atoms with Gasteiger partial charge in [0.1, 0.15) is 24.1 Å². The number of urea groups is 1. The highest BCUT2D eigenvalue weighted by atomic mass is 16.5. The number of phenols is 1. The Morgan fingerprint density at radius 3 is 2.55 bits per heavy atom. The van der Waals surface area contributed by atoms with Crippen molar-refractivity contribution in [2.24, 2.45) is 5.92 Å². The van der Waals surface area contributed by atoms with Crippen LogP contribution < -0.4 is 5.32 Å². The Morgan fingerprint density at radius 2 is 1.93 bits per heavy atom. The number of carbonyl (C=O) groups excluding carboxylic acids is 3. The molecule has 1 aromatic rings. The van der Waals surface area contributed by atoms with Gasteiger partial charge in [0.25, 0.3) is 5.91 Å². The van der Waals surface area contributed by atoms with Crippen LogP contribution in [0.15, 0.2) is 35.5 Å². The number of carboxylic acids is 1. The molecule has 0 unspecified atom stereocenters. The van der Waals surface area contributed by atoms with Gasteiger partial charge in [-0.05, 0) is 36.3 Å². The van der Waals surface area contributed by atoms with Crippen molar-refractivity contribution in [3.05, 3.63) is 35.5 Å². The van der Waals surface area contributed by atoms with Crippen molar-refractivity contribution in [2.75, 3.05) is 18.5 Å². The molecule has 0 spiro atoms. The van der Waals surface area contributed by atoms with Crippen molar-refractivity contribution in [1.82, 2.24) is 9.80 Å². The van der Waals surface area contributed by atoms with Gasteiger partial charge in [-0.25, -0.2) is 9.59 Å². The third kappa shape index (κ3) is 3.06. The van der Waals surface area contributed by atoms with Crippen LogP contribution in [-0.2, 0) is 19.1 Å². The van der Waals surface area contributed by atoms with Gasteiger partial charge in [-0.1, -0.05) is 0 Å². The molecule has 0 saturated carbocycles. The summed E-state index contributed by atoms with van der Waals surface area (Å²) in [4.78, 5) is 51.0. The van der Waals surface area contributed by atoms with Crippen LogP contribution in [0.5, 0.6) is 5.75 Å². The fourth-order valence-electron chi connectivity index (χ4n) is 4.30. The molecule has 3 heterocycles. The lowest BCUT2D eigenvalue weighted by Crippen LogP contribution is -2.69. The molecule has 3 aliphatic heterocycles. The van der Waals surface area contributed by atoms with Crippen molar-refractivity contribution in [3.8, 4) is 5.75 Å². The molecule has 0 aromatic heterocycles. The number of hydrogen-bond acceptors (Lipinski definition) is 6. The monoisotopic (exact) mass is 401 g/mol. The van der Waals surface area contributed by atoms with Crippen molar-refractivity contribution in [1.29, 1.82) is 0 Å². The Balaban J connectivity index is 1.54. The minimum absolute atomic E-state index is 0.0626. The standard InChI is InChI=1S/C19H19N3O7/c1-9(23)29-8-11-6-10-7-21(19(28)20-12-2-4-13(24)5-3-12)16-14(10)22(17(16)25)15(11)18(26)27/h2-5,10,14,16,24H,6-8H2,1H3,(H,20,28)(H,26,27)/t10-,14-,16+/m1/s1. The molecule has 4 rings (SSSR count). The van der Waals surface area contributed by atoms with E-state index < -0.39 is 36.0 Å². The first-order valence-corrected chi connectivity index (χ1v) is 9.06. The molecule has 1 aromatic carbocycles. The Bertz CT molecular complexity index is 940. The molecule has 3 amide bonds. The first-order chi connectivity index (χ1) is 13.8. The molecule has 3 atom stereocenters. The molecular weight excluding hydrogens is 382 g/mol. The highest BCUT2D eigenvalue weighted by Crippen LogP contribution is 2.47. The molecule has 10 heteroatoms. The van der Waals surface area contributed by atoms with Gasteiger partial charge in [0.15, 0.2) is 0 Å². The van der Waals surface area contributed by atoms with Crippen LogP contribution in [0.1, 0.15) is 13.3 Å². The van der Waals surface area contributed by atoms with Gasteiger partial charge < -0.3 is 25.2 Å². The minimum Gasteiger partial charge on any atom is -0.508 e. The average Bonchev–Trinajstić information content (AvgIpc) is 3.03. The molecule has 3 N–H and O–H groups in total. The highest BCUT2D eigenvalue weighted by Gasteiger charge is 2.64. The number of aromatic hydroxyl groups is 1. The summed E-state index contributed by atoms with van der Waals surface area (Å²) in [6.07, 6.45) is 0.322. The number of ether oxygens (including phenoxy) is 1. The van der Waals surface area contributed by atoms with E-state index in [1.165, 1.54) is 41.0 Å². The molecule has 2 saturated heterocycles. The summed E-state index contributed by atoms with van der Waals surface area (Å²) >= 11 is 0. The van der Waals surface area contributed by atoms with Gasteiger partial charge >= 0.3 is 18.0 Å². The molecule has 2 fully saturated rings. The van der Waals surface area contributed by atoms with Gasteiger partial charge in [0.2, 0.25) is 0 Å². The van der Waals surface area contributed by atoms with Crippen molar-refractivity contribution >= 4 is 29.6 Å². The fraction of sp³-hybridized carbons (Fsp3) is 0.368. The fourth-order valence-corrected chi connectivity index (χ4v) is 4.30. The molecule has 29 heavy (non-hydrogen) atoms. The number of carbonyl (C=O) groups is 4. The zero-order chi connectivity index (χ0) is 20.9. The zero-order valence-electron chi connectivity index (χ0n) is 15.5. The largest absolute Gasteiger partial charge is 0.508 e. The summed E-state index contributed by atoms with van der Waals surface area (Å²) in [5.41, 5.74) is 0.669. The van der Waals surface area contributed by atoms with E-state index in [0.29, 0.717) is 17.7 Å². The average molecular weight is 401 g/mol. The van der Waals surface area contributed by atoms with E-state index in [4.69, 9.17) is 4.74 Å². The number of likely N-dealkylation sites (tertiary alicyclic amines) is 1. The maximum Gasteiger partial charge on any atom is 0.352 e. The van der Waals surface area contributed by atoms with E-state index in [2.05, 4.69) is 5.32 Å². The molecule has 10 nitrogen and oxygen atoms in total. The van der Waals surface area contributed by atoms with Gasteiger partial charge in [-0.15, -0.1) is 0 Å². The van der Waals surface area contributed by atoms with Gasteiger partial charge in [0.05, 0.1) is 6.04 Å². The number of β-lactam (4-membered cyclic amide) rings is 1. The Labute approximate surface area is 165 Å². The third-order valence-electron chi connectivity index (χ3n) is 5.48. The molecule has 3 aliphatic rings. The Morgan fingerprint density at radius 1 is 1.24 bits per heavy atom. The number of amides is 3. The number of anilines is 1. The predicted octanol–water partition coefficient (Wildman–Crippen LogP) is 0.741. The summed E-state index contributed by atoms with van der Waals surface area (Å²) in [7, 11) is 0. The quantitative estimate of drug-likeness (QED) is 0.384. The smallest absolute Gasteiger partial charge is 0.352 e. The minimum atomic E-state index is -1.26. The van der Waals surface area contributed by atoms with Gasteiger partial charge in [-0.3, -0.25) is 14.5 Å². The predicted molar refractivity (Wildman–Crippen MR) is 97.7 cm³/mol. The number of rotatable bonds is 4. The number of phenolic OH excluding ortho intramolecular Hbond substituents is 1. The Kier molecular flexibility index (Phi) is 4.40. The summed E-state index contributed by atoms with van der Waals surface area (Å²) in [6, 6.07) is 4.34. The zero-order valence-corrected chi connectivity index (χ0v) is 15.5. The van der Waals surface area contributed by atoms with Crippen LogP contribution in [0.2, 0.25) is 0 Å². The van der Waals surface area contributed by atoms with E-state index in [-0.39, 0.29) is 30.5 Å². The lowest BCUT2D eigenvalue weighted by atomic mass is 9.79. The maximum absolute atomic E-state index is 12.7. The number of carboxylic acid groups (broad SMARTS) is 1. The van der Waals surface area contributed by atoms with E-state index in [0.717, 1.165) is 0 Å². The number of esters is 1. The van der Waals surface area contributed by atoms with Crippen LogP contribution in [-0.4, -0.2) is 69.1 Å². The van der Waals surface area contributed by atoms with Crippen LogP contribution in [0.4, 0.5) is 10.5 Å². The second-order valence-electron chi connectivity index (χ2n) is 7.27. The van der Waals surface area contributed by atoms with Crippen molar-refractivity contribution < 1.29 is 34.1 Å². The molecule has 0 bridgehead atoms. The number of hydrogen-bond donors (Lipinski definition) is 3. The number of nitrogens with one attached hydrogen (secondary N) is 1. The highest BCUT2D eigenvalue weighted by molar-refractivity contribution is 6.03. The number of nitrogens with zero attached hydrogens (tertiary/aromatic N) is 2. The lowest BCUT2D eigenvalue weighted by Gasteiger charge is -2.49. The number of aliphatic carboxylic acids is 1. The SMILES string of the molecule is CC(=O)OCC1=C(C(=O)O)N2C(=O)[C@@H]3[C@H]2[C@H](C1)CN3C(=O)Nc1ccc(O)cc1. The third-order valence-corrected chi connectivity index (χ3v) is 5.48. The van der Waals surface area contributed by atoms with Gasteiger partial charge in [-0.2, -0.15) is 0 Å². The van der Waals surface area contributed by atoms with E-state index >= 15 is 0 Å². The summed E-state index contributed by atoms with van der Waals surface area (Å²) in [5, 5.41) is 21.6. The normalized spacial score (nSPS) is 24.7. The second kappa shape index (κ2) is 6.80. The van der Waals surface area contributed by atoms with Crippen LogP contribution in [0.25, 0.3) is 0 Å². The van der Waals surface area contributed by atoms with Crippen LogP contribution in [0.3, 0.4) is 0 Å². The summed E-state index contributed by atoms with van der Waals surface area (Å²) < 4.78 is 4.96. The second-order valence-corrected chi connectivity index (χ2v) is 7.27. The van der Waals surface area contributed by atoms with Gasteiger partial charge in [0, 0.05) is 25.1 Å². The Hall–Kier alpha value is -3.56. The molecule has 0 radical (unpaired) electrons. The summed E-state index contributed by atoms with van der Waals surface area (Å²) in [6.45, 7) is 1.30. The first-order valence-electron chi connectivity index (χ1n) is 9.06. The maximum atomic E-state index is 12.7. The van der Waals surface area contributed by atoms with Crippen molar-refractivity contribution in [3.63, 3.8) is 0 Å². The summed E-state index contributed by atoms with van der Waals surface area (Å²) in [5.74, 6) is -2.34. The molecule has 152 valence electrons.